The Bertz CT molecular complexity index is 291. The summed E-state index contributed by atoms with van der Waals surface area (Å²) in [5.41, 5.74) is 1.29. The number of thioether (sulfide) groups is 1. The Hall–Kier alpha value is 0.01000. The summed E-state index contributed by atoms with van der Waals surface area (Å²) in [6, 6.07) is 8.23. The molecule has 0 aliphatic heterocycles. The molecule has 0 saturated heterocycles. The predicted molar refractivity (Wildman–Crippen MR) is 71.4 cm³/mol. The third kappa shape index (κ3) is 4.58. The molecule has 0 aromatic heterocycles. The summed E-state index contributed by atoms with van der Waals surface area (Å²) < 4.78 is 1.15. The lowest BCUT2D eigenvalue weighted by Gasteiger charge is -2.14. The van der Waals surface area contributed by atoms with Gasteiger partial charge < -0.3 is 5.11 Å². The summed E-state index contributed by atoms with van der Waals surface area (Å²) in [4.78, 5) is 0. The molecule has 0 fully saturated rings. The normalized spacial score (nSPS) is 12.7. The molecule has 0 radical (unpaired) electrons. The smallest absolute Gasteiger partial charge is 0.0462 e. The average Bonchev–Trinajstić information content (AvgIpc) is 2.26. The van der Waals surface area contributed by atoms with Crippen molar-refractivity contribution in [2.75, 3.05) is 18.6 Å². The van der Waals surface area contributed by atoms with Gasteiger partial charge in [-0.15, -0.1) is 0 Å². The van der Waals surface area contributed by atoms with E-state index in [2.05, 4.69) is 34.3 Å². The van der Waals surface area contributed by atoms with Crippen LogP contribution in [0.2, 0.25) is 0 Å². The van der Waals surface area contributed by atoms with E-state index in [1.807, 2.05) is 23.9 Å². The number of hydrogen-bond donors (Lipinski definition) is 1. The first-order chi connectivity index (χ1) is 7.27. The average molecular weight is 289 g/mol. The van der Waals surface area contributed by atoms with Gasteiger partial charge in [-0.05, 0) is 42.4 Å². The van der Waals surface area contributed by atoms with Gasteiger partial charge in [0, 0.05) is 11.1 Å². The topological polar surface area (TPSA) is 20.2 Å². The molecule has 0 saturated carbocycles. The van der Waals surface area contributed by atoms with Gasteiger partial charge in [0.05, 0.1) is 0 Å². The van der Waals surface area contributed by atoms with Crippen LogP contribution < -0.4 is 0 Å². The number of aliphatic hydroxyl groups excluding tert-OH is 1. The third-order valence-electron chi connectivity index (χ3n) is 2.45. The molecular weight excluding hydrogens is 272 g/mol. The lowest BCUT2D eigenvalue weighted by molar-refractivity contribution is 0.223. The lowest BCUT2D eigenvalue weighted by atomic mass is 9.98. The van der Waals surface area contributed by atoms with E-state index in [1.165, 1.54) is 5.56 Å². The van der Waals surface area contributed by atoms with Crippen LogP contribution in [0.5, 0.6) is 0 Å². The molecule has 0 aliphatic carbocycles. The summed E-state index contributed by atoms with van der Waals surface area (Å²) in [5, 5.41) is 9.28. The molecular formula is C12H17BrOS. The fourth-order valence-electron chi connectivity index (χ4n) is 1.52. The van der Waals surface area contributed by atoms with Gasteiger partial charge in [0.2, 0.25) is 0 Å². The van der Waals surface area contributed by atoms with E-state index in [0.29, 0.717) is 5.92 Å². The van der Waals surface area contributed by atoms with Gasteiger partial charge in [-0.3, -0.25) is 0 Å². The van der Waals surface area contributed by atoms with Gasteiger partial charge in [0.15, 0.2) is 0 Å². The van der Waals surface area contributed by atoms with Gasteiger partial charge in [0.25, 0.3) is 0 Å². The Balaban J connectivity index is 2.54. The Labute approximate surface area is 104 Å². The van der Waals surface area contributed by atoms with Crippen LogP contribution in [0.1, 0.15) is 12.0 Å². The zero-order valence-electron chi connectivity index (χ0n) is 8.95. The van der Waals surface area contributed by atoms with Gasteiger partial charge in [-0.1, -0.05) is 34.1 Å². The maximum Gasteiger partial charge on any atom is 0.0462 e. The summed E-state index contributed by atoms with van der Waals surface area (Å²) in [6.45, 7) is 0.280. The van der Waals surface area contributed by atoms with Crippen molar-refractivity contribution < 1.29 is 5.11 Å². The fourth-order valence-corrected chi connectivity index (χ4v) is 2.53. The van der Waals surface area contributed by atoms with Crippen molar-refractivity contribution in [2.45, 2.75) is 12.8 Å². The summed E-state index contributed by atoms with van der Waals surface area (Å²) in [5.74, 6) is 1.51. The third-order valence-corrected chi connectivity index (χ3v) is 3.87. The molecule has 0 spiro atoms. The molecule has 0 bridgehead atoms. The van der Waals surface area contributed by atoms with Crippen molar-refractivity contribution in [2.24, 2.45) is 5.92 Å². The maximum absolute atomic E-state index is 9.28. The van der Waals surface area contributed by atoms with Crippen molar-refractivity contribution in [3.05, 3.63) is 34.3 Å². The van der Waals surface area contributed by atoms with E-state index in [9.17, 15) is 5.11 Å². The van der Waals surface area contributed by atoms with E-state index in [4.69, 9.17) is 0 Å². The number of rotatable bonds is 6. The van der Waals surface area contributed by atoms with Crippen molar-refractivity contribution in [1.29, 1.82) is 0 Å². The van der Waals surface area contributed by atoms with Gasteiger partial charge in [-0.25, -0.2) is 0 Å². The van der Waals surface area contributed by atoms with Gasteiger partial charge in [0.1, 0.15) is 0 Å². The van der Waals surface area contributed by atoms with E-state index >= 15 is 0 Å². The van der Waals surface area contributed by atoms with Gasteiger partial charge >= 0.3 is 0 Å². The summed E-state index contributed by atoms with van der Waals surface area (Å²) in [7, 11) is 0. The second kappa shape index (κ2) is 7.31. The molecule has 1 nitrogen and oxygen atoms in total. The molecule has 15 heavy (non-hydrogen) atoms. The van der Waals surface area contributed by atoms with Crippen LogP contribution in [0.4, 0.5) is 0 Å². The van der Waals surface area contributed by atoms with E-state index in [1.54, 1.807) is 0 Å². The second-order valence-corrected chi connectivity index (χ2v) is 5.47. The Kier molecular flexibility index (Phi) is 6.37. The minimum absolute atomic E-state index is 0.280. The zero-order valence-corrected chi connectivity index (χ0v) is 11.4. The van der Waals surface area contributed by atoms with Crippen LogP contribution in [0.25, 0.3) is 0 Å². The van der Waals surface area contributed by atoms with Crippen LogP contribution in [0.3, 0.4) is 0 Å². The first-order valence-corrected chi connectivity index (χ1v) is 7.29. The highest BCUT2D eigenvalue weighted by molar-refractivity contribution is 9.10. The Morgan fingerprint density at radius 1 is 1.40 bits per heavy atom. The highest BCUT2D eigenvalue weighted by Crippen LogP contribution is 2.21. The molecule has 1 aromatic carbocycles. The minimum atomic E-state index is 0.280. The summed E-state index contributed by atoms with van der Waals surface area (Å²) in [6.07, 6.45) is 4.14. The molecule has 0 heterocycles. The Morgan fingerprint density at radius 3 is 2.73 bits per heavy atom. The van der Waals surface area contributed by atoms with Gasteiger partial charge in [-0.2, -0.15) is 11.8 Å². The van der Waals surface area contributed by atoms with Crippen molar-refractivity contribution in [3.63, 3.8) is 0 Å². The Morgan fingerprint density at radius 2 is 2.13 bits per heavy atom. The van der Waals surface area contributed by atoms with Crippen molar-refractivity contribution >= 4 is 27.7 Å². The monoisotopic (exact) mass is 288 g/mol. The molecule has 1 N–H and O–H groups in total. The van der Waals surface area contributed by atoms with Crippen LogP contribution in [0.15, 0.2) is 28.7 Å². The highest BCUT2D eigenvalue weighted by atomic mass is 79.9. The van der Waals surface area contributed by atoms with Crippen LogP contribution in [0, 0.1) is 5.92 Å². The first kappa shape index (κ1) is 13.1. The maximum atomic E-state index is 9.28. The molecule has 3 heteroatoms. The largest absolute Gasteiger partial charge is 0.396 e. The summed E-state index contributed by atoms with van der Waals surface area (Å²) >= 11 is 5.37. The SMILES string of the molecule is CSCCC(CO)Cc1ccccc1Br. The molecule has 0 aliphatic rings. The van der Waals surface area contributed by atoms with Crippen LogP contribution in [-0.4, -0.2) is 23.7 Å². The zero-order chi connectivity index (χ0) is 11.1. The number of halogens is 1. The second-order valence-electron chi connectivity index (χ2n) is 3.63. The number of hydrogen-bond acceptors (Lipinski definition) is 2. The van der Waals surface area contributed by atoms with Crippen LogP contribution in [-0.2, 0) is 6.42 Å². The molecule has 1 atom stereocenters. The molecule has 1 rings (SSSR count). The van der Waals surface area contributed by atoms with E-state index < -0.39 is 0 Å². The lowest BCUT2D eigenvalue weighted by Crippen LogP contribution is -2.11. The molecule has 1 aromatic rings. The van der Waals surface area contributed by atoms with E-state index in [0.717, 1.165) is 23.1 Å². The molecule has 84 valence electrons. The number of benzene rings is 1. The van der Waals surface area contributed by atoms with Crippen molar-refractivity contribution in [1.82, 2.24) is 0 Å². The quantitative estimate of drug-likeness (QED) is 0.866. The predicted octanol–water partition coefficient (Wildman–Crippen LogP) is 3.35. The minimum Gasteiger partial charge on any atom is -0.396 e. The first-order valence-electron chi connectivity index (χ1n) is 5.11. The highest BCUT2D eigenvalue weighted by Gasteiger charge is 2.09. The molecule has 0 amide bonds. The number of aliphatic hydroxyl groups is 1. The van der Waals surface area contributed by atoms with E-state index in [-0.39, 0.29) is 6.61 Å². The standard InChI is InChI=1S/C12H17BrOS/c1-15-7-6-10(9-14)8-11-4-2-3-5-12(11)13/h2-5,10,14H,6-9H2,1H3. The van der Waals surface area contributed by atoms with Crippen LogP contribution >= 0.6 is 27.7 Å². The van der Waals surface area contributed by atoms with Crippen molar-refractivity contribution in [3.8, 4) is 0 Å². The fraction of sp³-hybridized carbons (Fsp3) is 0.500. The molecule has 1 unspecified atom stereocenters.